The van der Waals surface area contributed by atoms with Crippen LogP contribution in [0.1, 0.15) is 26.7 Å². The molecule has 5 atom stereocenters. The van der Waals surface area contributed by atoms with Gasteiger partial charge in [-0.25, -0.2) is 0 Å². The Morgan fingerprint density at radius 2 is 2.17 bits per heavy atom. The lowest BCUT2D eigenvalue weighted by Gasteiger charge is -2.47. The van der Waals surface area contributed by atoms with Gasteiger partial charge in [-0.3, -0.25) is 9.59 Å². The molecule has 3 nitrogen and oxygen atoms in total. The van der Waals surface area contributed by atoms with Gasteiger partial charge in [0.15, 0.2) is 5.78 Å². The molecule has 1 unspecified atom stereocenters. The number of carbonyl (C=O) groups is 2. The minimum Gasteiger partial charge on any atom is -0.461 e. The third-order valence-electron chi connectivity index (χ3n) is 5.05. The molecule has 0 aromatic carbocycles. The molecule has 3 rings (SSSR count). The first kappa shape index (κ1) is 11.7. The van der Waals surface area contributed by atoms with Crippen LogP contribution in [0, 0.1) is 23.2 Å². The molecule has 0 aromatic heterocycles. The first-order chi connectivity index (χ1) is 8.44. The second-order valence-corrected chi connectivity index (χ2v) is 6.10. The third-order valence-corrected chi connectivity index (χ3v) is 5.05. The van der Waals surface area contributed by atoms with Gasteiger partial charge < -0.3 is 4.74 Å². The summed E-state index contributed by atoms with van der Waals surface area (Å²) in [6, 6.07) is 0. The first-order valence-electron chi connectivity index (χ1n) is 6.57. The zero-order chi connectivity index (χ0) is 13.1. The molecular weight excluding hydrogens is 228 g/mol. The minimum absolute atomic E-state index is 0.0197. The summed E-state index contributed by atoms with van der Waals surface area (Å²) in [6.45, 7) is 8.01. The standard InChI is InChI=1S/C15H18O3/c1-8-10-4-6-15(3)7-5-11(16)9(2)12(15)13(10)18-14(8)17/h5,7-8,10,12-13H,2,4,6H2,1,3H3/t8-,10-,12?,13-,15+/m0/s1. The molecule has 18 heavy (non-hydrogen) atoms. The van der Waals surface area contributed by atoms with E-state index >= 15 is 0 Å². The van der Waals surface area contributed by atoms with Crippen LogP contribution in [0.2, 0.25) is 0 Å². The van der Waals surface area contributed by atoms with E-state index in [0.717, 1.165) is 12.8 Å². The Balaban J connectivity index is 2.03. The van der Waals surface area contributed by atoms with Crippen LogP contribution in [0.25, 0.3) is 0 Å². The summed E-state index contributed by atoms with van der Waals surface area (Å²) < 4.78 is 5.55. The highest BCUT2D eigenvalue weighted by Crippen LogP contribution is 2.54. The summed E-state index contributed by atoms with van der Waals surface area (Å²) in [5, 5.41) is 0. The highest BCUT2D eigenvalue weighted by atomic mass is 16.6. The average molecular weight is 246 g/mol. The molecule has 1 saturated heterocycles. The Labute approximate surface area is 107 Å². The molecule has 1 saturated carbocycles. The Bertz CT molecular complexity index is 476. The highest BCUT2D eigenvalue weighted by molar-refractivity contribution is 6.05. The lowest BCUT2D eigenvalue weighted by Crippen LogP contribution is -2.47. The van der Waals surface area contributed by atoms with E-state index in [1.54, 1.807) is 6.08 Å². The zero-order valence-electron chi connectivity index (χ0n) is 10.8. The summed E-state index contributed by atoms with van der Waals surface area (Å²) in [6.07, 6.45) is 5.42. The van der Waals surface area contributed by atoms with Gasteiger partial charge in [0, 0.05) is 11.8 Å². The number of ether oxygens (including phenoxy) is 1. The van der Waals surface area contributed by atoms with E-state index in [1.165, 1.54) is 0 Å². The van der Waals surface area contributed by atoms with Crippen LogP contribution >= 0.6 is 0 Å². The molecule has 1 heterocycles. The summed E-state index contributed by atoms with van der Waals surface area (Å²) in [5.74, 6) is 0.0143. The lowest BCUT2D eigenvalue weighted by molar-refractivity contribution is -0.147. The van der Waals surface area contributed by atoms with Gasteiger partial charge in [0.1, 0.15) is 6.10 Å². The zero-order valence-corrected chi connectivity index (χ0v) is 10.8. The van der Waals surface area contributed by atoms with Crippen molar-refractivity contribution in [3.63, 3.8) is 0 Å². The smallest absolute Gasteiger partial charge is 0.309 e. The predicted molar refractivity (Wildman–Crippen MR) is 66.7 cm³/mol. The minimum atomic E-state index is -0.160. The molecule has 0 aromatic rings. The number of rotatable bonds is 0. The molecule has 0 amide bonds. The third kappa shape index (κ3) is 1.36. The van der Waals surface area contributed by atoms with Crippen molar-refractivity contribution in [1.82, 2.24) is 0 Å². The molecular formula is C15H18O3. The molecule has 0 spiro atoms. The molecule has 1 aliphatic heterocycles. The lowest BCUT2D eigenvalue weighted by atomic mass is 9.57. The predicted octanol–water partition coefficient (Wildman–Crippen LogP) is 2.28. The maximum absolute atomic E-state index is 11.8. The van der Waals surface area contributed by atoms with Crippen LogP contribution in [0.4, 0.5) is 0 Å². The number of hydrogen-bond donors (Lipinski definition) is 0. The summed E-state index contributed by atoms with van der Waals surface area (Å²) >= 11 is 0. The van der Waals surface area contributed by atoms with Gasteiger partial charge in [-0.1, -0.05) is 26.5 Å². The van der Waals surface area contributed by atoms with E-state index in [9.17, 15) is 9.59 Å². The van der Waals surface area contributed by atoms with Gasteiger partial charge in [-0.15, -0.1) is 0 Å². The van der Waals surface area contributed by atoms with Crippen molar-refractivity contribution in [3.8, 4) is 0 Å². The molecule has 0 N–H and O–H groups in total. The Morgan fingerprint density at radius 3 is 2.89 bits per heavy atom. The van der Waals surface area contributed by atoms with Crippen LogP contribution in [0.15, 0.2) is 24.3 Å². The van der Waals surface area contributed by atoms with Gasteiger partial charge in [-0.05, 0) is 29.9 Å². The number of fused-ring (bicyclic) bond motifs is 3. The maximum atomic E-state index is 11.8. The van der Waals surface area contributed by atoms with Crippen LogP contribution in [0.3, 0.4) is 0 Å². The summed E-state index contributed by atoms with van der Waals surface area (Å²) in [7, 11) is 0. The van der Waals surface area contributed by atoms with E-state index in [1.807, 2.05) is 13.0 Å². The van der Waals surface area contributed by atoms with Gasteiger partial charge in [0.05, 0.1) is 5.92 Å². The Hall–Kier alpha value is -1.38. The molecule has 0 bridgehead atoms. The Kier molecular flexibility index (Phi) is 2.31. The van der Waals surface area contributed by atoms with Crippen molar-refractivity contribution < 1.29 is 14.3 Å². The fourth-order valence-electron chi connectivity index (χ4n) is 3.84. The topological polar surface area (TPSA) is 43.4 Å². The van der Waals surface area contributed by atoms with E-state index in [-0.39, 0.29) is 41.0 Å². The highest BCUT2D eigenvalue weighted by Gasteiger charge is 2.56. The number of hydrogen-bond acceptors (Lipinski definition) is 3. The van der Waals surface area contributed by atoms with Gasteiger partial charge >= 0.3 is 5.97 Å². The molecule has 2 fully saturated rings. The van der Waals surface area contributed by atoms with Gasteiger partial charge in [0.2, 0.25) is 0 Å². The molecule has 2 aliphatic carbocycles. The number of carbonyl (C=O) groups excluding carboxylic acids is 2. The molecule has 3 heteroatoms. The Morgan fingerprint density at radius 1 is 1.44 bits per heavy atom. The second-order valence-electron chi connectivity index (χ2n) is 6.10. The fraction of sp³-hybridized carbons (Fsp3) is 0.600. The molecule has 3 aliphatic rings. The van der Waals surface area contributed by atoms with Crippen molar-refractivity contribution in [3.05, 3.63) is 24.3 Å². The van der Waals surface area contributed by atoms with Crippen molar-refractivity contribution in [2.45, 2.75) is 32.8 Å². The fourth-order valence-corrected chi connectivity index (χ4v) is 3.84. The van der Waals surface area contributed by atoms with Crippen LogP contribution in [0.5, 0.6) is 0 Å². The monoisotopic (exact) mass is 246 g/mol. The average Bonchev–Trinajstić information content (AvgIpc) is 2.60. The van der Waals surface area contributed by atoms with Crippen molar-refractivity contribution in [1.29, 1.82) is 0 Å². The van der Waals surface area contributed by atoms with Crippen LogP contribution < -0.4 is 0 Å². The van der Waals surface area contributed by atoms with Crippen molar-refractivity contribution in [2.24, 2.45) is 23.2 Å². The van der Waals surface area contributed by atoms with Crippen LogP contribution in [-0.4, -0.2) is 17.9 Å². The van der Waals surface area contributed by atoms with Crippen LogP contribution in [-0.2, 0) is 14.3 Å². The van der Waals surface area contributed by atoms with E-state index in [4.69, 9.17) is 4.74 Å². The van der Waals surface area contributed by atoms with Gasteiger partial charge in [0.25, 0.3) is 0 Å². The number of allylic oxidation sites excluding steroid dienone is 2. The molecule has 0 radical (unpaired) electrons. The summed E-state index contributed by atoms with van der Waals surface area (Å²) in [4.78, 5) is 23.6. The SMILES string of the molecule is C=C1C(=O)C=C[C@@]2(C)CC[C@H]3[C@H](C)C(=O)O[C@@H]3C12. The van der Waals surface area contributed by atoms with E-state index in [2.05, 4.69) is 13.5 Å². The van der Waals surface area contributed by atoms with Crippen molar-refractivity contribution >= 4 is 11.8 Å². The maximum Gasteiger partial charge on any atom is 0.309 e. The largest absolute Gasteiger partial charge is 0.461 e. The quantitative estimate of drug-likeness (QED) is 0.486. The van der Waals surface area contributed by atoms with Gasteiger partial charge in [-0.2, -0.15) is 0 Å². The number of esters is 1. The number of ketones is 1. The normalized spacial score (nSPS) is 46.7. The van der Waals surface area contributed by atoms with Crippen molar-refractivity contribution in [2.75, 3.05) is 0 Å². The van der Waals surface area contributed by atoms with E-state index in [0.29, 0.717) is 5.57 Å². The summed E-state index contributed by atoms with van der Waals surface area (Å²) in [5.41, 5.74) is 0.521. The molecule has 96 valence electrons. The van der Waals surface area contributed by atoms with E-state index < -0.39 is 0 Å². The first-order valence-corrected chi connectivity index (χ1v) is 6.57. The second kappa shape index (κ2) is 3.56.